The second-order valence-corrected chi connectivity index (χ2v) is 5.38. The summed E-state index contributed by atoms with van der Waals surface area (Å²) in [5, 5.41) is 0. The van der Waals surface area contributed by atoms with Crippen molar-refractivity contribution >= 4 is 21.8 Å². The summed E-state index contributed by atoms with van der Waals surface area (Å²) < 4.78 is 23.3. The first kappa shape index (κ1) is 15.9. The van der Waals surface area contributed by atoms with Crippen molar-refractivity contribution in [2.24, 2.45) is 0 Å². The average Bonchev–Trinajstić information content (AvgIpc) is 2.37. The second-order valence-electron chi connectivity index (χ2n) is 4.09. The van der Waals surface area contributed by atoms with E-state index in [-0.39, 0.29) is 22.0 Å². The Morgan fingerprint density at radius 1 is 1.47 bits per heavy atom. The van der Waals surface area contributed by atoms with Crippen LogP contribution in [0.4, 0.5) is 4.39 Å². The summed E-state index contributed by atoms with van der Waals surface area (Å²) in [6, 6.07) is 4.16. The molecule has 0 aliphatic heterocycles. The van der Waals surface area contributed by atoms with Crippen molar-refractivity contribution in [3.63, 3.8) is 0 Å². The van der Waals surface area contributed by atoms with Gasteiger partial charge in [-0.15, -0.1) is 0 Å². The lowest BCUT2D eigenvalue weighted by Crippen LogP contribution is -2.33. The quantitative estimate of drug-likeness (QED) is 0.750. The molecule has 0 aliphatic rings. The number of alkyl halides is 1. The van der Waals surface area contributed by atoms with Gasteiger partial charge < -0.3 is 14.4 Å². The summed E-state index contributed by atoms with van der Waals surface area (Å²) in [4.78, 5) is 13.6. The summed E-state index contributed by atoms with van der Waals surface area (Å²) >= 11 is 3.40. The molecule has 19 heavy (non-hydrogen) atoms. The maximum Gasteiger partial charge on any atom is 0.253 e. The summed E-state index contributed by atoms with van der Waals surface area (Å²) in [6.07, 6.45) is 0. The Balaban J connectivity index is 2.74. The predicted octanol–water partition coefficient (Wildman–Crippen LogP) is 2.32. The molecule has 0 saturated carbocycles. The lowest BCUT2D eigenvalue weighted by molar-refractivity contribution is 0.0783. The van der Waals surface area contributed by atoms with Crippen LogP contribution in [0, 0.1) is 5.82 Å². The zero-order valence-electron chi connectivity index (χ0n) is 11.2. The summed E-state index contributed by atoms with van der Waals surface area (Å²) in [6.45, 7) is 0.967. The molecule has 1 rings (SSSR count). The molecule has 1 amide bonds. The lowest BCUT2D eigenvalue weighted by atomic mass is 10.2. The van der Waals surface area contributed by atoms with E-state index in [4.69, 9.17) is 9.47 Å². The van der Waals surface area contributed by atoms with E-state index in [9.17, 15) is 9.18 Å². The molecular formula is C13H17BrFNO3. The first-order valence-corrected chi connectivity index (χ1v) is 6.63. The molecule has 106 valence electrons. The normalized spacial score (nSPS) is 12.1. The van der Waals surface area contributed by atoms with Crippen LogP contribution in [-0.2, 0) is 4.74 Å². The maximum atomic E-state index is 13.5. The fourth-order valence-corrected chi connectivity index (χ4v) is 2.33. The average molecular weight is 334 g/mol. The van der Waals surface area contributed by atoms with E-state index in [0.29, 0.717) is 13.2 Å². The Morgan fingerprint density at radius 3 is 2.68 bits per heavy atom. The molecule has 0 aromatic heterocycles. The SMILES string of the molecule is COCC(Br)CN(C)C(=O)c1ccc(OC)c(F)c1. The van der Waals surface area contributed by atoms with Gasteiger partial charge in [-0.05, 0) is 18.2 Å². The number of halogens is 2. The minimum absolute atomic E-state index is 0.0366. The van der Waals surface area contributed by atoms with E-state index in [1.807, 2.05) is 0 Å². The topological polar surface area (TPSA) is 38.8 Å². The van der Waals surface area contributed by atoms with Gasteiger partial charge in [-0.3, -0.25) is 4.79 Å². The molecule has 0 N–H and O–H groups in total. The maximum absolute atomic E-state index is 13.5. The number of nitrogens with zero attached hydrogens (tertiary/aromatic N) is 1. The lowest BCUT2D eigenvalue weighted by Gasteiger charge is -2.20. The third-order valence-corrected chi connectivity index (χ3v) is 3.12. The van der Waals surface area contributed by atoms with E-state index < -0.39 is 5.82 Å². The largest absolute Gasteiger partial charge is 0.494 e. The van der Waals surface area contributed by atoms with Crippen LogP contribution in [0.25, 0.3) is 0 Å². The van der Waals surface area contributed by atoms with Crippen LogP contribution in [0.15, 0.2) is 18.2 Å². The Kier molecular flexibility index (Phi) is 6.24. The van der Waals surface area contributed by atoms with E-state index in [0.717, 1.165) is 0 Å². The van der Waals surface area contributed by atoms with Crippen molar-refractivity contribution in [2.75, 3.05) is 34.4 Å². The van der Waals surface area contributed by atoms with Crippen LogP contribution in [0.1, 0.15) is 10.4 Å². The van der Waals surface area contributed by atoms with Crippen LogP contribution in [0.2, 0.25) is 0 Å². The molecule has 1 aromatic rings. The molecule has 0 aliphatic carbocycles. The Bertz CT molecular complexity index is 442. The molecule has 6 heteroatoms. The highest BCUT2D eigenvalue weighted by molar-refractivity contribution is 9.09. The van der Waals surface area contributed by atoms with Crippen molar-refractivity contribution in [1.82, 2.24) is 4.90 Å². The zero-order valence-corrected chi connectivity index (χ0v) is 12.7. The van der Waals surface area contributed by atoms with Gasteiger partial charge in [0.05, 0.1) is 18.5 Å². The summed E-state index contributed by atoms with van der Waals surface area (Å²) in [7, 11) is 4.63. The fourth-order valence-electron chi connectivity index (χ4n) is 1.63. The van der Waals surface area contributed by atoms with Gasteiger partial charge in [-0.2, -0.15) is 0 Å². The molecule has 0 radical (unpaired) electrons. The van der Waals surface area contributed by atoms with Crippen molar-refractivity contribution in [1.29, 1.82) is 0 Å². The molecule has 0 saturated heterocycles. The molecule has 4 nitrogen and oxygen atoms in total. The number of hydrogen-bond acceptors (Lipinski definition) is 3. The minimum Gasteiger partial charge on any atom is -0.494 e. The molecule has 0 spiro atoms. The van der Waals surface area contributed by atoms with E-state index in [1.54, 1.807) is 20.2 Å². The van der Waals surface area contributed by atoms with E-state index in [1.165, 1.54) is 24.1 Å². The Morgan fingerprint density at radius 2 is 2.16 bits per heavy atom. The van der Waals surface area contributed by atoms with Crippen LogP contribution in [-0.4, -0.2) is 50.1 Å². The van der Waals surface area contributed by atoms with Gasteiger partial charge in [-0.25, -0.2) is 4.39 Å². The molecule has 1 unspecified atom stereocenters. The number of ether oxygens (including phenoxy) is 2. The Hall–Kier alpha value is -1.14. The minimum atomic E-state index is -0.547. The van der Waals surface area contributed by atoms with Crippen molar-refractivity contribution in [3.8, 4) is 5.75 Å². The molecule has 1 atom stereocenters. The van der Waals surface area contributed by atoms with Gasteiger partial charge in [-0.1, -0.05) is 15.9 Å². The van der Waals surface area contributed by atoms with Gasteiger partial charge in [0.15, 0.2) is 11.6 Å². The standard InChI is InChI=1S/C13H17BrFNO3/c1-16(7-10(14)8-18-2)13(17)9-4-5-12(19-3)11(15)6-9/h4-6,10H,7-8H2,1-3H3. The number of rotatable bonds is 6. The van der Waals surface area contributed by atoms with Gasteiger partial charge >= 0.3 is 0 Å². The van der Waals surface area contributed by atoms with Gasteiger partial charge in [0.1, 0.15) is 0 Å². The summed E-state index contributed by atoms with van der Waals surface area (Å²) in [5.41, 5.74) is 0.290. The van der Waals surface area contributed by atoms with Crippen molar-refractivity contribution in [2.45, 2.75) is 4.83 Å². The third kappa shape index (κ3) is 4.47. The fraction of sp³-hybridized carbons (Fsp3) is 0.462. The van der Waals surface area contributed by atoms with E-state index >= 15 is 0 Å². The summed E-state index contributed by atoms with van der Waals surface area (Å²) in [5.74, 6) is -0.673. The number of carbonyl (C=O) groups is 1. The molecule has 1 aromatic carbocycles. The van der Waals surface area contributed by atoms with Crippen LogP contribution < -0.4 is 4.74 Å². The zero-order chi connectivity index (χ0) is 14.4. The van der Waals surface area contributed by atoms with Crippen molar-refractivity contribution in [3.05, 3.63) is 29.6 Å². The van der Waals surface area contributed by atoms with E-state index in [2.05, 4.69) is 15.9 Å². The highest BCUT2D eigenvalue weighted by Crippen LogP contribution is 2.18. The molecule has 0 bridgehead atoms. The first-order valence-electron chi connectivity index (χ1n) is 5.71. The third-order valence-electron chi connectivity index (χ3n) is 2.56. The molecule has 0 heterocycles. The number of hydrogen-bond donors (Lipinski definition) is 0. The number of amides is 1. The first-order chi connectivity index (χ1) is 8.99. The van der Waals surface area contributed by atoms with Gasteiger partial charge in [0.25, 0.3) is 5.91 Å². The number of benzene rings is 1. The monoisotopic (exact) mass is 333 g/mol. The molecule has 0 fully saturated rings. The van der Waals surface area contributed by atoms with Crippen LogP contribution >= 0.6 is 15.9 Å². The van der Waals surface area contributed by atoms with Gasteiger partial charge in [0.2, 0.25) is 0 Å². The highest BCUT2D eigenvalue weighted by atomic mass is 79.9. The highest BCUT2D eigenvalue weighted by Gasteiger charge is 2.17. The second kappa shape index (κ2) is 7.45. The molecular weight excluding hydrogens is 317 g/mol. The number of carbonyl (C=O) groups excluding carboxylic acids is 1. The number of methoxy groups -OCH3 is 2. The Labute approximate surface area is 120 Å². The van der Waals surface area contributed by atoms with Gasteiger partial charge in [0, 0.05) is 26.3 Å². The van der Waals surface area contributed by atoms with Crippen molar-refractivity contribution < 1.29 is 18.7 Å². The van der Waals surface area contributed by atoms with Crippen LogP contribution in [0.5, 0.6) is 5.75 Å². The predicted molar refractivity (Wildman–Crippen MR) is 74.5 cm³/mol. The van der Waals surface area contributed by atoms with Crippen LogP contribution in [0.3, 0.4) is 0 Å². The smallest absolute Gasteiger partial charge is 0.253 e.